The summed E-state index contributed by atoms with van der Waals surface area (Å²) in [7, 11) is 1.56. The number of nitrogens with zero attached hydrogens (tertiary/aromatic N) is 5. The van der Waals surface area contributed by atoms with Crippen LogP contribution in [-0.4, -0.2) is 37.7 Å². The molecule has 0 spiro atoms. The molecule has 3 aromatic rings. The molecule has 0 atom stereocenters. The zero-order valence-electron chi connectivity index (χ0n) is 16.8. The van der Waals surface area contributed by atoms with Crippen LogP contribution in [0, 0.1) is 27.7 Å². The molecule has 3 rings (SSSR count). The average molecular weight is 380 g/mol. The van der Waals surface area contributed by atoms with Crippen LogP contribution in [-0.2, 0) is 17.8 Å². The Balaban J connectivity index is 1.73. The smallest absolute Gasteiger partial charge is 0.251 e. The first kappa shape index (κ1) is 19.5. The molecule has 146 valence electrons. The first-order valence-corrected chi connectivity index (χ1v) is 9.00. The molecule has 0 fully saturated rings. The van der Waals surface area contributed by atoms with E-state index in [1.807, 2.05) is 39.8 Å². The molecule has 8 heteroatoms. The van der Waals surface area contributed by atoms with Crippen molar-refractivity contribution in [2.45, 2.75) is 40.7 Å². The van der Waals surface area contributed by atoms with Gasteiger partial charge in [-0.1, -0.05) is 0 Å². The monoisotopic (exact) mass is 380 g/mol. The van der Waals surface area contributed by atoms with Crippen LogP contribution in [0.3, 0.4) is 0 Å². The molecule has 0 unspecified atom stereocenters. The summed E-state index contributed by atoms with van der Waals surface area (Å²) >= 11 is 0. The number of aryl methyl sites for hydroxylation is 3. The van der Waals surface area contributed by atoms with Gasteiger partial charge in [-0.15, -0.1) is 0 Å². The van der Waals surface area contributed by atoms with Gasteiger partial charge in [-0.05, 0) is 45.4 Å². The fourth-order valence-corrected chi connectivity index (χ4v) is 3.02. The quantitative estimate of drug-likeness (QED) is 0.704. The van der Waals surface area contributed by atoms with Crippen LogP contribution in [0.4, 0.5) is 0 Å². The number of ether oxygens (including phenoxy) is 1. The fraction of sp³-hybridized carbons (Fsp3) is 0.350. The molecule has 0 aliphatic rings. The van der Waals surface area contributed by atoms with Gasteiger partial charge in [-0.2, -0.15) is 5.10 Å². The number of methoxy groups -OCH3 is 1. The summed E-state index contributed by atoms with van der Waals surface area (Å²) in [4.78, 5) is 25.5. The van der Waals surface area contributed by atoms with E-state index in [-0.39, 0.29) is 12.3 Å². The molecule has 28 heavy (non-hydrogen) atoms. The molecule has 8 nitrogen and oxygen atoms in total. The van der Waals surface area contributed by atoms with E-state index in [2.05, 4.69) is 25.4 Å². The highest BCUT2D eigenvalue weighted by Crippen LogP contribution is 2.17. The predicted molar refractivity (Wildman–Crippen MR) is 104 cm³/mol. The van der Waals surface area contributed by atoms with Crippen LogP contribution in [0.5, 0.6) is 5.88 Å². The van der Waals surface area contributed by atoms with E-state index >= 15 is 0 Å². The number of hydrogen-bond acceptors (Lipinski definition) is 6. The van der Waals surface area contributed by atoms with Gasteiger partial charge in [-0.25, -0.2) is 19.6 Å². The summed E-state index contributed by atoms with van der Waals surface area (Å²) < 4.78 is 6.80. The normalized spacial score (nSPS) is 10.8. The zero-order valence-corrected chi connectivity index (χ0v) is 16.8. The molecule has 0 bridgehead atoms. The van der Waals surface area contributed by atoms with Crippen LogP contribution >= 0.6 is 0 Å². The van der Waals surface area contributed by atoms with Crippen molar-refractivity contribution in [3.05, 3.63) is 58.3 Å². The first-order valence-electron chi connectivity index (χ1n) is 9.00. The maximum atomic E-state index is 12.5. The van der Waals surface area contributed by atoms with Gasteiger partial charge in [-0.3, -0.25) is 4.79 Å². The van der Waals surface area contributed by atoms with Gasteiger partial charge in [0.2, 0.25) is 11.8 Å². The average Bonchev–Trinajstić information content (AvgIpc) is 2.94. The van der Waals surface area contributed by atoms with Crippen LogP contribution in [0.25, 0.3) is 5.95 Å². The van der Waals surface area contributed by atoms with Crippen molar-refractivity contribution in [3.63, 3.8) is 0 Å². The minimum atomic E-state index is -0.0807. The highest BCUT2D eigenvalue weighted by molar-refractivity contribution is 5.79. The highest BCUT2D eigenvalue weighted by atomic mass is 16.5. The van der Waals surface area contributed by atoms with Crippen LogP contribution < -0.4 is 10.1 Å². The van der Waals surface area contributed by atoms with Crippen molar-refractivity contribution < 1.29 is 9.53 Å². The summed E-state index contributed by atoms with van der Waals surface area (Å²) in [6.07, 6.45) is 1.90. The number of hydrogen-bond donors (Lipinski definition) is 1. The van der Waals surface area contributed by atoms with E-state index in [9.17, 15) is 4.79 Å². The number of amides is 1. The summed E-state index contributed by atoms with van der Waals surface area (Å²) in [5.74, 6) is 0.963. The predicted octanol–water partition coefficient (Wildman–Crippen LogP) is 2.16. The van der Waals surface area contributed by atoms with Gasteiger partial charge in [0.05, 0.1) is 19.2 Å². The van der Waals surface area contributed by atoms with Crippen molar-refractivity contribution in [2.24, 2.45) is 0 Å². The third-order valence-corrected chi connectivity index (χ3v) is 4.44. The van der Waals surface area contributed by atoms with E-state index < -0.39 is 0 Å². The molecule has 0 aromatic carbocycles. The van der Waals surface area contributed by atoms with Crippen LogP contribution in [0.2, 0.25) is 0 Å². The Morgan fingerprint density at radius 1 is 1.14 bits per heavy atom. The zero-order chi connectivity index (χ0) is 20.3. The summed E-state index contributed by atoms with van der Waals surface area (Å²) in [6, 6.07) is 5.55. The van der Waals surface area contributed by atoms with E-state index in [1.54, 1.807) is 24.1 Å². The standard InChI is InChI=1S/C20H24N6O2/c1-12-8-13(2)24-20(23-12)26-15(4)17(14(3)25-26)10-18(27)22-11-16-6-7-21-19(9-16)28-5/h6-9H,10-11H2,1-5H3,(H,22,27). The fourth-order valence-electron chi connectivity index (χ4n) is 3.02. The second kappa shape index (κ2) is 8.16. The molecule has 1 amide bonds. The van der Waals surface area contributed by atoms with Crippen molar-refractivity contribution in [1.82, 2.24) is 30.0 Å². The highest BCUT2D eigenvalue weighted by Gasteiger charge is 2.17. The lowest BCUT2D eigenvalue weighted by molar-refractivity contribution is -0.120. The molecule has 0 aliphatic heterocycles. The minimum Gasteiger partial charge on any atom is -0.481 e. The van der Waals surface area contributed by atoms with Gasteiger partial charge in [0.1, 0.15) is 0 Å². The van der Waals surface area contributed by atoms with E-state index in [4.69, 9.17) is 4.74 Å². The van der Waals surface area contributed by atoms with Crippen molar-refractivity contribution >= 4 is 5.91 Å². The van der Waals surface area contributed by atoms with Gasteiger partial charge in [0.25, 0.3) is 5.95 Å². The Morgan fingerprint density at radius 2 is 1.86 bits per heavy atom. The second-order valence-corrected chi connectivity index (χ2v) is 6.67. The second-order valence-electron chi connectivity index (χ2n) is 6.67. The molecule has 1 N–H and O–H groups in total. The lowest BCUT2D eigenvalue weighted by atomic mass is 10.1. The topological polar surface area (TPSA) is 94.8 Å². The summed E-state index contributed by atoms with van der Waals surface area (Å²) in [5, 5.41) is 7.47. The summed E-state index contributed by atoms with van der Waals surface area (Å²) in [6.45, 7) is 8.07. The summed E-state index contributed by atoms with van der Waals surface area (Å²) in [5.41, 5.74) is 5.22. The van der Waals surface area contributed by atoms with Crippen LogP contribution in [0.15, 0.2) is 24.4 Å². The Kier molecular flexibility index (Phi) is 5.67. The number of carbonyl (C=O) groups is 1. The Labute approximate surface area is 164 Å². The number of nitrogens with one attached hydrogen (secondary N) is 1. The minimum absolute atomic E-state index is 0.0807. The van der Waals surface area contributed by atoms with Gasteiger partial charge in [0.15, 0.2) is 0 Å². The first-order chi connectivity index (χ1) is 13.4. The lowest BCUT2D eigenvalue weighted by Gasteiger charge is -2.08. The van der Waals surface area contributed by atoms with Crippen molar-refractivity contribution in [3.8, 4) is 11.8 Å². The third kappa shape index (κ3) is 4.33. The molecule has 0 saturated heterocycles. The molecular formula is C20H24N6O2. The van der Waals surface area contributed by atoms with Crippen LogP contribution in [0.1, 0.15) is 33.9 Å². The van der Waals surface area contributed by atoms with Gasteiger partial charge < -0.3 is 10.1 Å². The van der Waals surface area contributed by atoms with E-state index in [0.717, 1.165) is 33.9 Å². The molecular weight excluding hydrogens is 356 g/mol. The van der Waals surface area contributed by atoms with Gasteiger partial charge >= 0.3 is 0 Å². The van der Waals surface area contributed by atoms with E-state index in [0.29, 0.717) is 18.4 Å². The lowest BCUT2D eigenvalue weighted by Crippen LogP contribution is -2.25. The van der Waals surface area contributed by atoms with E-state index in [1.165, 1.54) is 0 Å². The number of carbonyl (C=O) groups excluding carboxylic acids is 1. The van der Waals surface area contributed by atoms with Crippen molar-refractivity contribution in [2.75, 3.05) is 7.11 Å². The maximum Gasteiger partial charge on any atom is 0.251 e. The van der Waals surface area contributed by atoms with Crippen molar-refractivity contribution in [1.29, 1.82) is 0 Å². The molecule has 3 heterocycles. The Bertz CT molecular complexity index is 992. The Morgan fingerprint density at radius 3 is 2.54 bits per heavy atom. The SMILES string of the molecule is COc1cc(CNC(=O)Cc2c(C)nn(-c3nc(C)cc(C)n3)c2C)ccn1. The van der Waals surface area contributed by atoms with Gasteiger partial charge in [0, 0.05) is 41.5 Å². The number of pyridine rings is 1. The largest absolute Gasteiger partial charge is 0.481 e. The molecule has 0 radical (unpaired) electrons. The molecule has 3 aromatic heterocycles. The Hall–Kier alpha value is -3.29. The maximum absolute atomic E-state index is 12.5. The molecule has 0 saturated carbocycles. The third-order valence-electron chi connectivity index (χ3n) is 4.44. The molecule has 0 aliphatic carbocycles. The number of rotatable bonds is 6. The number of aromatic nitrogens is 5.